The van der Waals surface area contributed by atoms with Crippen molar-refractivity contribution in [3.63, 3.8) is 0 Å². The second-order valence-corrected chi connectivity index (χ2v) is 6.59. The zero-order valence-corrected chi connectivity index (χ0v) is 14.0. The third-order valence-corrected chi connectivity index (χ3v) is 4.56. The van der Waals surface area contributed by atoms with E-state index in [0.29, 0.717) is 24.8 Å². The van der Waals surface area contributed by atoms with Gasteiger partial charge in [0, 0.05) is 6.54 Å². The van der Waals surface area contributed by atoms with Gasteiger partial charge in [0.2, 0.25) is 0 Å². The maximum Gasteiger partial charge on any atom is 0.287 e. The van der Waals surface area contributed by atoms with E-state index < -0.39 is 0 Å². The third-order valence-electron chi connectivity index (χ3n) is 3.99. The Morgan fingerprint density at radius 1 is 1.30 bits per heavy atom. The summed E-state index contributed by atoms with van der Waals surface area (Å²) in [6.07, 6.45) is 3.87. The van der Waals surface area contributed by atoms with E-state index in [1.807, 2.05) is 30.5 Å². The largest absolute Gasteiger partial charge is 0.493 e. The van der Waals surface area contributed by atoms with Crippen molar-refractivity contribution in [3.05, 3.63) is 53.5 Å². The fourth-order valence-corrected chi connectivity index (χ4v) is 3.22. The van der Waals surface area contributed by atoms with Gasteiger partial charge >= 0.3 is 0 Å². The van der Waals surface area contributed by atoms with Crippen LogP contribution in [0.25, 0.3) is 0 Å². The second-order valence-electron chi connectivity index (χ2n) is 5.72. The zero-order valence-electron chi connectivity index (χ0n) is 13.2. The minimum atomic E-state index is -0.143. The molecule has 4 nitrogen and oxygen atoms in total. The van der Waals surface area contributed by atoms with Gasteiger partial charge in [0.15, 0.2) is 5.76 Å². The van der Waals surface area contributed by atoms with E-state index in [0.717, 1.165) is 30.1 Å². The Bertz CT molecular complexity index is 668. The smallest absolute Gasteiger partial charge is 0.287 e. The zero-order chi connectivity index (χ0) is 16.1. The molecule has 3 rings (SSSR count). The Kier molecular flexibility index (Phi) is 5.28. The maximum absolute atomic E-state index is 12.2. The molecular formula is C18H21NO3S. The van der Waals surface area contributed by atoms with E-state index in [4.69, 9.17) is 9.15 Å². The van der Waals surface area contributed by atoms with Gasteiger partial charge in [-0.05, 0) is 48.8 Å². The second kappa shape index (κ2) is 7.59. The minimum Gasteiger partial charge on any atom is -0.493 e. The van der Waals surface area contributed by atoms with Gasteiger partial charge < -0.3 is 14.5 Å². The SMILES string of the molecule is CSCc1ccc(C(=O)NCC2CCOc3ccccc3C2)o1. The van der Waals surface area contributed by atoms with E-state index in [-0.39, 0.29) is 5.91 Å². The summed E-state index contributed by atoms with van der Waals surface area (Å²) in [7, 11) is 0. The number of furan rings is 1. The number of fused-ring (bicyclic) bond motifs is 1. The Labute approximate surface area is 140 Å². The third kappa shape index (κ3) is 4.10. The average Bonchev–Trinajstić information content (AvgIpc) is 2.92. The van der Waals surface area contributed by atoms with E-state index in [9.17, 15) is 4.79 Å². The molecule has 0 saturated heterocycles. The highest BCUT2D eigenvalue weighted by Gasteiger charge is 2.19. The first kappa shape index (κ1) is 16.0. The summed E-state index contributed by atoms with van der Waals surface area (Å²) < 4.78 is 11.3. The number of hydrogen-bond donors (Lipinski definition) is 1. The molecular weight excluding hydrogens is 310 g/mol. The van der Waals surface area contributed by atoms with Gasteiger partial charge in [0.05, 0.1) is 12.4 Å². The molecule has 23 heavy (non-hydrogen) atoms. The molecule has 0 aliphatic carbocycles. The van der Waals surface area contributed by atoms with Gasteiger partial charge in [-0.2, -0.15) is 11.8 Å². The quantitative estimate of drug-likeness (QED) is 0.911. The van der Waals surface area contributed by atoms with Gasteiger partial charge in [-0.1, -0.05) is 18.2 Å². The fraction of sp³-hybridized carbons (Fsp3) is 0.389. The highest BCUT2D eigenvalue weighted by atomic mass is 32.2. The molecule has 1 N–H and O–H groups in total. The lowest BCUT2D eigenvalue weighted by Gasteiger charge is -2.14. The van der Waals surface area contributed by atoms with Crippen molar-refractivity contribution < 1.29 is 13.9 Å². The number of hydrogen-bond acceptors (Lipinski definition) is 4. The summed E-state index contributed by atoms with van der Waals surface area (Å²) in [4.78, 5) is 12.2. The van der Waals surface area contributed by atoms with Crippen molar-refractivity contribution >= 4 is 17.7 Å². The summed E-state index contributed by atoms with van der Waals surface area (Å²) in [5.41, 5.74) is 1.21. The lowest BCUT2D eigenvalue weighted by atomic mass is 9.97. The minimum absolute atomic E-state index is 0.143. The van der Waals surface area contributed by atoms with Crippen molar-refractivity contribution in [2.75, 3.05) is 19.4 Å². The standard InChI is InChI=1S/C18H21NO3S/c1-23-12-15-6-7-17(22-15)18(20)19-11-13-8-9-21-16-5-3-2-4-14(16)10-13/h2-7,13H,8-12H2,1H3,(H,19,20). The monoisotopic (exact) mass is 331 g/mol. The van der Waals surface area contributed by atoms with E-state index in [2.05, 4.69) is 11.4 Å². The number of para-hydroxylation sites is 1. The highest BCUT2D eigenvalue weighted by Crippen LogP contribution is 2.26. The summed E-state index contributed by atoms with van der Waals surface area (Å²) in [6, 6.07) is 11.7. The predicted molar refractivity (Wildman–Crippen MR) is 92.0 cm³/mol. The number of nitrogens with one attached hydrogen (secondary N) is 1. The molecule has 122 valence electrons. The molecule has 0 radical (unpaired) electrons. The summed E-state index contributed by atoms with van der Waals surface area (Å²) in [6.45, 7) is 1.32. The number of benzene rings is 1. The van der Waals surface area contributed by atoms with Crippen molar-refractivity contribution in [1.82, 2.24) is 5.32 Å². The molecule has 1 aliphatic rings. The first-order valence-electron chi connectivity index (χ1n) is 7.83. The van der Waals surface area contributed by atoms with Crippen LogP contribution in [0.15, 0.2) is 40.8 Å². The Balaban J connectivity index is 1.56. The molecule has 1 aromatic heterocycles. The number of rotatable bonds is 5. The number of thioether (sulfide) groups is 1. The highest BCUT2D eigenvalue weighted by molar-refractivity contribution is 7.97. The van der Waals surface area contributed by atoms with Gasteiger partial charge in [0.25, 0.3) is 5.91 Å². The van der Waals surface area contributed by atoms with Gasteiger partial charge in [-0.3, -0.25) is 4.79 Å². The lowest BCUT2D eigenvalue weighted by Crippen LogP contribution is -2.30. The molecule has 1 aliphatic heterocycles. The Hall–Kier alpha value is -1.88. The lowest BCUT2D eigenvalue weighted by molar-refractivity contribution is 0.0916. The number of carbonyl (C=O) groups is 1. The van der Waals surface area contributed by atoms with Gasteiger partial charge in [-0.25, -0.2) is 0 Å². The van der Waals surface area contributed by atoms with E-state index >= 15 is 0 Å². The van der Waals surface area contributed by atoms with Gasteiger partial charge in [-0.15, -0.1) is 0 Å². The molecule has 2 heterocycles. The van der Waals surface area contributed by atoms with Crippen LogP contribution in [0, 0.1) is 5.92 Å². The van der Waals surface area contributed by atoms with Crippen LogP contribution in [0.2, 0.25) is 0 Å². The van der Waals surface area contributed by atoms with Crippen LogP contribution in [0.1, 0.15) is 28.3 Å². The van der Waals surface area contributed by atoms with E-state index in [1.165, 1.54) is 5.56 Å². The summed E-state index contributed by atoms with van der Waals surface area (Å²) >= 11 is 1.67. The number of ether oxygens (including phenoxy) is 1. The van der Waals surface area contributed by atoms with E-state index in [1.54, 1.807) is 17.8 Å². The number of carbonyl (C=O) groups excluding carboxylic acids is 1. The molecule has 1 atom stereocenters. The normalized spacial score (nSPS) is 17.0. The molecule has 1 amide bonds. The molecule has 1 unspecified atom stereocenters. The van der Waals surface area contributed by atoms with Crippen LogP contribution in [0.3, 0.4) is 0 Å². The van der Waals surface area contributed by atoms with Gasteiger partial charge in [0.1, 0.15) is 11.5 Å². The predicted octanol–water partition coefficient (Wildman–Crippen LogP) is 3.51. The van der Waals surface area contributed by atoms with Crippen molar-refractivity contribution in [2.45, 2.75) is 18.6 Å². The molecule has 1 aromatic carbocycles. The van der Waals surface area contributed by atoms with Crippen LogP contribution in [-0.4, -0.2) is 25.3 Å². The molecule has 0 spiro atoms. The average molecular weight is 331 g/mol. The molecule has 2 aromatic rings. The van der Waals surface area contributed by atoms with Crippen molar-refractivity contribution in [1.29, 1.82) is 0 Å². The first-order valence-corrected chi connectivity index (χ1v) is 9.22. The van der Waals surface area contributed by atoms with Crippen molar-refractivity contribution in [2.24, 2.45) is 5.92 Å². The van der Waals surface area contributed by atoms with Crippen LogP contribution in [0.5, 0.6) is 5.75 Å². The molecule has 0 bridgehead atoms. The topological polar surface area (TPSA) is 51.5 Å². The first-order chi connectivity index (χ1) is 11.3. The Morgan fingerprint density at radius 2 is 2.17 bits per heavy atom. The summed E-state index contributed by atoms with van der Waals surface area (Å²) in [5.74, 6) is 3.20. The maximum atomic E-state index is 12.2. The van der Waals surface area contributed by atoms with Crippen LogP contribution in [-0.2, 0) is 12.2 Å². The van der Waals surface area contributed by atoms with Crippen molar-refractivity contribution in [3.8, 4) is 5.75 Å². The molecule has 0 fully saturated rings. The number of amides is 1. The fourth-order valence-electron chi connectivity index (χ4n) is 2.78. The van der Waals surface area contributed by atoms with Crippen LogP contribution >= 0.6 is 11.8 Å². The molecule has 0 saturated carbocycles. The van der Waals surface area contributed by atoms with Crippen LogP contribution in [0.4, 0.5) is 0 Å². The van der Waals surface area contributed by atoms with Crippen LogP contribution < -0.4 is 10.1 Å². The summed E-state index contributed by atoms with van der Waals surface area (Å²) in [5, 5.41) is 2.99. The molecule has 5 heteroatoms. The Morgan fingerprint density at radius 3 is 3.04 bits per heavy atom.